The van der Waals surface area contributed by atoms with Crippen LogP contribution in [0.4, 0.5) is 10.5 Å². The molecule has 1 fully saturated rings. The molecule has 1 aliphatic heterocycles. The van der Waals surface area contributed by atoms with Gasteiger partial charge in [0.25, 0.3) is 11.8 Å². The third kappa shape index (κ3) is 4.00. The Morgan fingerprint density at radius 3 is 2.33 bits per heavy atom. The summed E-state index contributed by atoms with van der Waals surface area (Å²) >= 11 is 12.1. The van der Waals surface area contributed by atoms with Crippen molar-refractivity contribution in [3.8, 4) is 5.75 Å². The van der Waals surface area contributed by atoms with E-state index < -0.39 is 23.8 Å². The zero-order valence-corrected chi connectivity index (χ0v) is 17.2. The fourth-order valence-corrected chi connectivity index (χ4v) is 3.40. The maximum absolute atomic E-state index is 13.0. The van der Waals surface area contributed by atoms with Crippen LogP contribution < -0.4 is 15.0 Å². The fraction of sp³-hybridized carbons (Fsp3) is 0.100. The topological polar surface area (TPSA) is 102 Å². The maximum Gasteiger partial charge on any atom is 0.337 e. The summed E-state index contributed by atoms with van der Waals surface area (Å²) in [6, 6.07) is 7.53. The number of benzene rings is 2. The highest BCUT2D eigenvalue weighted by atomic mass is 35.5. The molecular weight excluding hydrogens is 435 g/mol. The quantitative estimate of drug-likeness (QED) is 0.436. The van der Waals surface area contributed by atoms with Crippen LogP contribution in [-0.4, -0.2) is 38.0 Å². The number of ether oxygens (including phenoxy) is 2. The smallest absolute Gasteiger partial charge is 0.337 e. The molecule has 3 rings (SSSR count). The van der Waals surface area contributed by atoms with Crippen molar-refractivity contribution in [2.45, 2.75) is 0 Å². The van der Waals surface area contributed by atoms with E-state index in [9.17, 15) is 19.2 Å². The number of hydrogen-bond donors (Lipinski definition) is 1. The largest absolute Gasteiger partial charge is 0.495 e. The minimum absolute atomic E-state index is 0.152. The van der Waals surface area contributed by atoms with E-state index in [0.29, 0.717) is 0 Å². The molecule has 10 heteroatoms. The average Bonchev–Trinajstić information content (AvgIpc) is 2.70. The molecule has 1 saturated heterocycles. The lowest BCUT2D eigenvalue weighted by atomic mass is 10.1. The number of esters is 1. The Bertz CT molecular complexity index is 1100. The van der Waals surface area contributed by atoms with Crippen molar-refractivity contribution >= 4 is 58.8 Å². The van der Waals surface area contributed by atoms with Gasteiger partial charge in [-0.1, -0.05) is 23.2 Å². The third-order valence-electron chi connectivity index (χ3n) is 4.19. The summed E-state index contributed by atoms with van der Waals surface area (Å²) in [5, 5.41) is 2.56. The molecule has 4 amide bonds. The number of anilines is 1. The van der Waals surface area contributed by atoms with Gasteiger partial charge in [0.1, 0.15) is 11.3 Å². The SMILES string of the molecule is COC(=O)c1ccc(N2C(=O)NC(=O)/C(=C\c3cc(Cl)cc(Cl)c3OC)C2=O)cc1. The van der Waals surface area contributed by atoms with Crippen LogP contribution in [0.15, 0.2) is 42.0 Å². The number of barbiturate groups is 1. The molecule has 0 spiro atoms. The summed E-state index contributed by atoms with van der Waals surface area (Å²) in [6.07, 6.45) is 1.23. The molecule has 0 bridgehead atoms. The predicted octanol–water partition coefficient (Wildman–Crippen LogP) is 3.46. The summed E-state index contributed by atoms with van der Waals surface area (Å²) < 4.78 is 9.84. The van der Waals surface area contributed by atoms with E-state index in [1.807, 2.05) is 0 Å². The molecule has 8 nitrogen and oxygen atoms in total. The first-order valence-corrected chi connectivity index (χ1v) is 9.15. The van der Waals surface area contributed by atoms with Crippen molar-refractivity contribution < 1.29 is 28.7 Å². The molecule has 2 aromatic rings. The molecule has 30 heavy (non-hydrogen) atoms. The minimum atomic E-state index is -0.927. The number of hydrogen-bond acceptors (Lipinski definition) is 6. The molecular formula is C20H14Cl2N2O6. The first-order chi connectivity index (χ1) is 14.3. The maximum atomic E-state index is 13.0. The molecule has 0 unspecified atom stereocenters. The lowest BCUT2D eigenvalue weighted by molar-refractivity contribution is -0.122. The zero-order chi connectivity index (χ0) is 22.0. The fourth-order valence-electron chi connectivity index (χ4n) is 2.81. The molecule has 1 heterocycles. The Morgan fingerprint density at radius 1 is 1.07 bits per heavy atom. The van der Waals surface area contributed by atoms with E-state index in [1.165, 1.54) is 56.7 Å². The lowest BCUT2D eigenvalue weighted by Crippen LogP contribution is -2.54. The second-order valence-electron chi connectivity index (χ2n) is 6.01. The summed E-state index contributed by atoms with van der Waals surface area (Å²) in [6.45, 7) is 0. The molecule has 154 valence electrons. The molecule has 0 saturated carbocycles. The van der Waals surface area contributed by atoms with Crippen molar-refractivity contribution in [2.75, 3.05) is 19.1 Å². The lowest BCUT2D eigenvalue weighted by Gasteiger charge is -2.26. The van der Waals surface area contributed by atoms with E-state index >= 15 is 0 Å². The van der Waals surface area contributed by atoms with Crippen LogP contribution in [0.2, 0.25) is 10.0 Å². The molecule has 2 aromatic carbocycles. The van der Waals surface area contributed by atoms with Gasteiger partial charge in [-0.2, -0.15) is 0 Å². The molecule has 1 N–H and O–H groups in total. The van der Waals surface area contributed by atoms with Crippen LogP contribution in [0.25, 0.3) is 6.08 Å². The Labute approximate surface area is 181 Å². The Kier molecular flexibility index (Phi) is 6.09. The second-order valence-corrected chi connectivity index (χ2v) is 6.85. The van der Waals surface area contributed by atoms with Gasteiger partial charge in [0.2, 0.25) is 0 Å². The monoisotopic (exact) mass is 448 g/mol. The Hall–Kier alpha value is -3.36. The van der Waals surface area contributed by atoms with E-state index in [1.54, 1.807) is 0 Å². The van der Waals surface area contributed by atoms with Gasteiger partial charge >= 0.3 is 12.0 Å². The van der Waals surface area contributed by atoms with Crippen LogP contribution in [0.1, 0.15) is 15.9 Å². The number of methoxy groups -OCH3 is 2. The van der Waals surface area contributed by atoms with Crippen molar-refractivity contribution in [3.63, 3.8) is 0 Å². The summed E-state index contributed by atoms with van der Waals surface area (Å²) in [5.41, 5.74) is 0.336. The number of urea groups is 1. The van der Waals surface area contributed by atoms with Gasteiger partial charge in [-0.3, -0.25) is 14.9 Å². The number of rotatable bonds is 4. The average molecular weight is 449 g/mol. The highest BCUT2D eigenvalue weighted by Crippen LogP contribution is 2.34. The van der Waals surface area contributed by atoms with Crippen molar-refractivity contribution in [3.05, 3.63) is 63.1 Å². The third-order valence-corrected chi connectivity index (χ3v) is 4.69. The van der Waals surface area contributed by atoms with Gasteiger partial charge in [-0.05, 0) is 42.5 Å². The highest BCUT2D eigenvalue weighted by molar-refractivity contribution is 6.40. The standard InChI is InChI=1S/C20H14Cl2N2O6/c1-29-16-11(7-12(21)9-15(16)22)8-14-17(25)23-20(28)24(18(14)26)13-5-3-10(4-6-13)19(27)30-2/h3-9H,1-2H3,(H,23,25,28)/b14-8+. The van der Waals surface area contributed by atoms with Crippen molar-refractivity contribution in [2.24, 2.45) is 0 Å². The van der Waals surface area contributed by atoms with Crippen LogP contribution >= 0.6 is 23.2 Å². The van der Waals surface area contributed by atoms with E-state index in [4.69, 9.17) is 27.9 Å². The van der Waals surface area contributed by atoms with Gasteiger partial charge in [-0.15, -0.1) is 0 Å². The Balaban J connectivity index is 2.03. The normalized spacial score (nSPS) is 15.3. The van der Waals surface area contributed by atoms with Crippen LogP contribution in [0, 0.1) is 0 Å². The number of nitrogens with one attached hydrogen (secondary N) is 1. The van der Waals surface area contributed by atoms with Crippen LogP contribution in [0.3, 0.4) is 0 Å². The summed E-state index contributed by atoms with van der Waals surface area (Å²) in [4.78, 5) is 50.0. The first kappa shape index (κ1) is 21.4. The summed E-state index contributed by atoms with van der Waals surface area (Å²) in [7, 11) is 2.61. The number of carbonyl (C=O) groups is 4. The van der Waals surface area contributed by atoms with Crippen molar-refractivity contribution in [1.82, 2.24) is 5.32 Å². The van der Waals surface area contributed by atoms with Gasteiger partial charge in [-0.25, -0.2) is 14.5 Å². The number of halogens is 2. The Morgan fingerprint density at radius 2 is 1.73 bits per heavy atom. The van der Waals surface area contributed by atoms with Gasteiger partial charge in [0.05, 0.1) is 30.5 Å². The minimum Gasteiger partial charge on any atom is -0.495 e. The molecule has 1 aliphatic rings. The van der Waals surface area contributed by atoms with Crippen LogP contribution in [0.5, 0.6) is 5.75 Å². The molecule has 0 aromatic heterocycles. The highest BCUT2D eigenvalue weighted by Gasteiger charge is 2.37. The number of amides is 4. The van der Waals surface area contributed by atoms with Gasteiger partial charge in [0.15, 0.2) is 0 Å². The number of nitrogens with zero attached hydrogens (tertiary/aromatic N) is 1. The molecule has 0 radical (unpaired) electrons. The second kappa shape index (κ2) is 8.56. The molecule has 0 atom stereocenters. The number of imide groups is 2. The van der Waals surface area contributed by atoms with Gasteiger partial charge < -0.3 is 9.47 Å². The van der Waals surface area contributed by atoms with Crippen LogP contribution in [-0.2, 0) is 14.3 Å². The van der Waals surface area contributed by atoms with E-state index in [2.05, 4.69) is 10.1 Å². The predicted molar refractivity (Wildman–Crippen MR) is 110 cm³/mol. The summed E-state index contributed by atoms with van der Waals surface area (Å²) in [5.74, 6) is -2.12. The van der Waals surface area contributed by atoms with E-state index in [0.717, 1.165) is 4.90 Å². The first-order valence-electron chi connectivity index (χ1n) is 8.39. The number of carbonyl (C=O) groups excluding carboxylic acids is 4. The van der Waals surface area contributed by atoms with Crippen molar-refractivity contribution in [1.29, 1.82) is 0 Å². The van der Waals surface area contributed by atoms with Gasteiger partial charge in [0, 0.05) is 10.6 Å². The zero-order valence-electron chi connectivity index (χ0n) is 15.7. The molecule has 0 aliphatic carbocycles. The van der Waals surface area contributed by atoms with E-state index in [-0.39, 0.29) is 38.2 Å².